The van der Waals surface area contributed by atoms with Crippen molar-refractivity contribution in [2.75, 3.05) is 5.32 Å². The quantitative estimate of drug-likeness (QED) is 0.754. The van der Waals surface area contributed by atoms with Gasteiger partial charge in [0.05, 0.1) is 12.5 Å². The summed E-state index contributed by atoms with van der Waals surface area (Å²) in [6.45, 7) is 1.70. The lowest BCUT2D eigenvalue weighted by Gasteiger charge is -2.11. The first-order valence-corrected chi connectivity index (χ1v) is 5.00. The van der Waals surface area contributed by atoms with Crippen LogP contribution in [0.3, 0.4) is 0 Å². The molecule has 5 N–H and O–H groups in total. The number of rotatable bonds is 4. The molecule has 0 radical (unpaired) electrons. The van der Waals surface area contributed by atoms with Gasteiger partial charge in [-0.2, -0.15) is 0 Å². The summed E-state index contributed by atoms with van der Waals surface area (Å²) in [7, 11) is 0. The molecule has 5 nitrogen and oxygen atoms in total. The van der Waals surface area contributed by atoms with Crippen LogP contribution in [0.1, 0.15) is 12.0 Å². The molecule has 18 heavy (non-hydrogen) atoms. The maximum Gasteiger partial charge on any atom is 0.241 e. The summed E-state index contributed by atoms with van der Waals surface area (Å²) < 4.78 is 13.0. The first-order chi connectivity index (χ1) is 7.88. The summed E-state index contributed by atoms with van der Waals surface area (Å²) in [4.78, 5) is 22.1. The lowest BCUT2D eigenvalue weighted by molar-refractivity contribution is -0.123. The highest BCUT2D eigenvalue weighted by Gasteiger charge is 2.16. The summed E-state index contributed by atoms with van der Waals surface area (Å²) in [6, 6.07) is 3.06. The Labute approximate surface area is 110 Å². The highest BCUT2D eigenvalue weighted by Crippen LogP contribution is 2.13. The lowest BCUT2D eigenvalue weighted by Crippen LogP contribution is -2.39. The highest BCUT2D eigenvalue weighted by molar-refractivity contribution is 5.97. The van der Waals surface area contributed by atoms with Gasteiger partial charge >= 0.3 is 0 Å². The number of carbonyl (C=O) groups is 2. The highest BCUT2D eigenvalue weighted by atomic mass is 35.5. The molecule has 0 aliphatic heterocycles. The minimum atomic E-state index is -1.03. The van der Waals surface area contributed by atoms with E-state index in [1.54, 1.807) is 13.0 Å². The molecule has 0 bridgehead atoms. The molecule has 0 spiro atoms. The number of halogens is 2. The Hall–Kier alpha value is -1.66. The van der Waals surface area contributed by atoms with Crippen molar-refractivity contribution in [3.05, 3.63) is 29.6 Å². The molecule has 1 atom stereocenters. The van der Waals surface area contributed by atoms with Crippen LogP contribution in [0.2, 0.25) is 0 Å². The number of anilines is 1. The number of aryl methyl sites for hydroxylation is 1. The van der Waals surface area contributed by atoms with E-state index in [1.807, 2.05) is 0 Å². The smallest absolute Gasteiger partial charge is 0.241 e. The molecule has 0 aromatic heterocycles. The number of hydrogen-bond acceptors (Lipinski definition) is 3. The molecule has 0 heterocycles. The maximum atomic E-state index is 13.0. The summed E-state index contributed by atoms with van der Waals surface area (Å²) in [6.07, 6.45) is -0.250. The van der Waals surface area contributed by atoms with E-state index >= 15 is 0 Å². The Morgan fingerprint density at radius 1 is 1.39 bits per heavy atom. The van der Waals surface area contributed by atoms with Gasteiger partial charge < -0.3 is 16.8 Å². The van der Waals surface area contributed by atoms with Crippen LogP contribution in [0, 0.1) is 12.7 Å². The lowest BCUT2D eigenvalue weighted by atomic mass is 10.1. The van der Waals surface area contributed by atoms with Crippen LogP contribution in [-0.2, 0) is 9.59 Å². The monoisotopic (exact) mass is 275 g/mol. The van der Waals surface area contributed by atoms with Crippen molar-refractivity contribution in [1.82, 2.24) is 0 Å². The number of nitrogens with one attached hydrogen (secondary N) is 1. The van der Waals surface area contributed by atoms with Crippen LogP contribution < -0.4 is 16.8 Å². The van der Waals surface area contributed by atoms with Gasteiger partial charge in [-0.25, -0.2) is 4.39 Å². The third-order valence-electron chi connectivity index (χ3n) is 2.07. The Kier molecular flexibility index (Phi) is 6.29. The van der Waals surface area contributed by atoms with Crippen molar-refractivity contribution in [3.63, 3.8) is 0 Å². The topological polar surface area (TPSA) is 98.2 Å². The number of amides is 2. The first kappa shape index (κ1) is 16.3. The van der Waals surface area contributed by atoms with Crippen LogP contribution in [0.5, 0.6) is 0 Å². The van der Waals surface area contributed by atoms with Gasteiger partial charge in [0.25, 0.3) is 0 Å². The predicted octanol–water partition coefficient (Wildman–Crippen LogP) is 0.697. The Morgan fingerprint density at radius 3 is 2.50 bits per heavy atom. The van der Waals surface area contributed by atoms with Crippen molar-refractivity contribution in [2.45, 2.75) is 19.4 Å². The van der Waals surface area contributed by atoms with E-state index in [-0.39, 0.29) is 18.8 Å². The largest absolute Gasteiger partial charge is 0.370 e. The zero-order valence-corrected chi connectivity index (χ0v) is 10.6. The van der Waals surface area contributed by atoms with Crippen LogP contribution in [0.4, 0.5) is 10.1 Å². The van der Waals surface area contributed by atoms with Gasteiger partial charge in [0.1, 0.15) is 5.82 Å². The summed E-state index contributed by atoms with van der Waals surface area (Å²) in [5, 5.41) is 2.42. The van der Waals surface area contributed by atoms with Gasteiger partial charge in [-0.1, -0.05) is 0 Å². The second kappa shape index (κ2) is 6.93. The number of carbonyl (C=O) groups excluding carboxylic acids is 2. The normalized spacial score (nSPS) is 11.3. The standard InChI is InChI=1S/C11H14FN3O2.ClH/c1-6-2-7(12)4-8(3-6)15-11(17)9(13)5-10(14)16;/h2-4,9H,5,13H2,1H3,(H2,14,16)(H,15,17);1H. The molecule has 0 aliphatic carbocycles. The van der Waals surface area contributed by atoms with Crippen molar-refractivity contribution < 1.29 is 14.0 Å². The molecule has 1 aromatic carbocycles. The molecular formula is C11H15ClFN3O2. The van der Waals surface area contributed by atoms with Crippen molar-refractivity contribution in [3.8, 4) is 0 Å². The molecule has 1 rings (SSSR count). The Balaban J connectivity index is 0.00000289. The van der Waals surface area contributed by atoms with Gasteiger partial charge in [-0.3, -0.25) is 9.59 Å². The number of hydrogen-bond donors (Lipinski definition) is 3. The minimum absolute atomic E-state index is 0. The van der Waals surface area contributed by atoms with E-state index in [0.717, 1.165) is 0 Å². The molecule has 0 saturated carbocycles. The van der Waals surface area contributed by atoms with Crippen LogP contribution in [-0.4, -0.2) is 17.9 Å². The van der Waals surface area contributed by atoms with E-state index < -0.39 is 23.7 Å². The fraction of sp³-hybridized carbons (Fsp3) is 0.273. The maximum absolute atomic E-state index is 13.0. The van der Waals surface area contributed by atoms with E-state index in [0.29, 0.717) is 11.3 Å². The predicted molar refractivity (Wildman–Crippen MR) is 68.8 cm³/mol. The number of benzene rings is 1. The van der Waals surface area contributed by atoms with Gasteiger partial charge in [0.2, 0.25) is 11.8 Å². The van der Waals surface area contributed by atoms with Gasteiger partial charge in [-0.05, 0) is 30.7 Å². The molecule has 2 amide bonds. The second-order valence-corrected chi connectivity index (χ2v) is 3.78. The van der Waals surface area contributed by atoms with Crippen LogP contribution in [0.15, 0.2) is 18.2 Å². The van der Waals surface area contributed by atoms with Crippen LogP contribution >= 0.6 is 12.4 Å². The average molecular weight is 276 g/mol. The summed E-state index contributed by atoms with van der Waals surface area (Å²) in [5.41, 5.74) is 11.3. The van der Waals surface area contributed by atoms with Gasteiger partial charge in [0, 0.05) is 5.69 Å². The Morgan fingerprint density at radius 2 is 2.00 bits per heavy atom. The minimum Gasteiger partial charge on any atom is -0.370 e. The van der Waals surface area contributed by atoms with E-state index in [2.05, 4.69) is 5.32 Å². The van der Waals surface area contributed by atoms with Crippen molar-refractivity contribution in [1.29, 1.82) is 0 Å². The van der Waals surface area contributed by atoms with Crippen LogP contribution in [0.25, 0.3) is 0 Å². The number of primary amides is 1. The zero-order valence-electron chi connectivity index (χ0n) is 9.77. The SMILES string of the molecule is Cc1cc(F)cc(NC(=O)C(N)CC(N)=O)c1.Cl. The van der Waals surface area contributed by atoms with E-state index in [9.17, 15) is 14.0 Å². The third-order valence-corrected chi connectivity index (χ3v) is 2.07. The molecule has 1 aromatic rings. The second-order valence-electron chi connectivity index (χ2n) is 3.78. The molecule has 1 unspecified atom stereocenters. The summed E-state index contributed by atoms with van der Waals surface area (Å²) in [5.74, 6) is -1.69. The summed E-state index contributed by atoms with van der Waals surface area (Å²) >= 11 is 0. The average Bonchev–Trinajstić information content (AvgIpc) is 2.14. The molecule has 7 heteroatoms. The molecule has 100 valence electrons. The molecule has 0 fully saturated rings. The third kappa shape index (κ3) is 5.11. The van der Waals surface area contributed by atoms with Gasteiger partial charge in [-0.15, -0.1) is 12.4 Å². The fourth-order valence-electron chi connectivity index (χ4n) is 1.35. The van der Waals surface area contributed by atoms with Crippen molar-refractivity contribution in [2.24, 2.45) is 11.5 Å². The molecular weight excluding hydrogens is 261 g/mol. The van der Waals surface area contributed by atoms with Crippen molar-refractivity contribution >= 4 is 29.9 Å². The van der Waals surface area contributed by atoms with E-state index in [4.69, 9.17) is 11.5 Å². The first-order valence-electron chi connectivity index (χ1n) is 5.00. The Bertz CT molecular complexity index is 434. The van der Waals surface area contributed by atoms with Gasteiger partial charge in [0.15, 0.2) is 0 Å². The zero-order chi connectivity index (χ0) is 13.0. The fourth-order valence-corrected chi connectivity index (χ4v) is 1.35. The molecule has 0 aliphatic rings. The van der Waals surface area contributed by atoms with E-state index in [1.165, 1.54) is 12.1 Å². The molecule has 0 saturated heterocycles. The number of nitrogens with two attached hydrogens (primary N) is 2.